The van der Waals surface area contributed by atoms with Crippen LogP contribution in [0.25, 0.3) is 22.8 Å². The minimum atomic E-state index is -4.97. The number of hydrogen-bond donors (Lipinski definition) is 1. The smallest absolute Gasteiger partial charge is 0.431 e. The Hall–Kier alpha value is -3.36. The molecule has 0 fully saturated rings. The lowest BCUT2D eigenvalue weighted by Gasteiger charge is -2.06. The van der Waals surface area contributed by atoms with Gasteiger partial charge in [-0.2, -0.15) is 41.9 Å². The van der Waals surface area contributed by atoms with Crippen molar-refractivity contribution in [2.24, 2.45) is 0 Å². The van der Waals surface area contributed by atoms with Gasteiger partial charge < -0.3 is 4.42 Å². The number of nitriles is 1. The van der Waals surface area contributed by atoms with E-state index in [0.717, 1.165) is 12.1 Å². The van der Waals surface area contributed by atoms with Crippen LogP contribution in [0.3, 0.4) is 0 Å². The van der Waals surface area contributed by atoms with E-state index in [1.54, 1.807) is 6.07 Å². The van der Waals surface area contributed by atoms with Crippen molar-refractivity contribution < 1.29 is 30.8 Å². The molecule has 0 unspecified atom stereocenters. The molecule has 1 N–H and O–H groups in total. The Morgan fingerprint density at radius 3 is 2.12 bits per heavy atom. The molecule has 3 rings (SSSR count). The maximum atomic E-state index is 13.2. The second kappa shape index (κ2) is 5.87. The molecule has 26 heavy (non-hydrogen) atoms. The predicted octanol–water partition coefficient (Wildman–Crippen LogP) is 4.04. The van der Waals surface area contributed by atoms with Crippen molar-refractivity contribution in [1.29, 1.82) is 5.26 Å². The molecule has 0 spiro atoms. The number of rotatable bonds is 2. The monoisotopic (exact) mass is 373 g/mol. The normalized spacial score (nSPS) is 12.2. The van der Waals surface area contributed by atoms with E-state index in [1.165, 1.54) is 0 Å². The number of nitrogens with one attached hydrogen (secondary N) is 1. The molecule has 2 heterocycles. The summed E-state index contributed by atoms with van der Waals surface area (Å²) in [7, 11) is 0. The summed E-state index contributed by atoms with van der Waals surface area (Å²) in [5, 5.41) is 17.7. The lowest BCUT2D eigenvalue weighted by Crippen LogP contribution is -2.05. The van der Waals surface area contributed by atoms with Crippen LogP contribution in [0.2, 0.25) is 0 Å². The molecule has 3 aromatic rings. The van der Waals surface area contributed by atoms with Crippen LogP contribution in [-0.4, -0.2) is 20.4 Å². The average molecular weight is 373 g/mol. The summed E-state index contributed by atoms with van der Waals surface area (Å²) in [6.07, 6.45) is -9.57. The summed E-state index contributed by atoms with van der Waals surface area (Å²) in [5.41, 5.74) is -2.81. The van der Waals surface area contributed by atoms with E-state index in [9.17, 15) is 26.3 Å². The second-order valence-electron chi connectivity index (χ2n) is 4.90. The highest BCUT2D eigenvalue weighted by atomic mass is 19.4. The van der Waals surface area contributed by atoms with Gasteiger partial charge in [0.2, 0.25) is 11.7 Å². The van der Waals surface area contributed by atoms with E-state index in [-0.39, 0.29) is 5.56 Å². The molecule has 2 aromatic heterocycles. The van der Waals surface area contributed by atoms with E-state index in [1.807, 2.05) is 5.21 Å². The van der Waals surface area contributed by atoms with Gasteiger partial charge in [-0.25, -0.2) is 4.98 Å². The Balaban J connectivity index is 2.12. The first-order valence-electron chi connectivity index (χ1n) is 6.68. The van der Waals surface area contributed by atoms with Gasteiger partial charge in [0.1, 0.15) is 11.8 Å². The first-order chi connectivity index (χ1) is 12.1. The van der Waals surface area contributed by atoms with Crippen LogP contribution < -0.4 is 0 Å². The van der Waals surface area contributed by atoms with E-state index < -0.39 is 46.6 Å². The van der Waals surface area contributed by atoms with Crippen LogP contribution >= 0.6 is 0 Å². The number of hydrogen-bond acceptors (Lipinski definition) is 5. The zero-order valence-corrected chi connectivity index (χ0v) is 12.3. The highest BCUT2D eigenvalue weighted by Crippen LogP contribution is 2.40. The van der Waals surface area contributed by atoms with Gasteiger partial charge in [0.05, 0.1) is 5.56 Å². The molecule has 0 radical (unpaired) electrons. The lowest BCUT2D eigenvalue weighted by molar-refractivity contribution is -0.152. The summed E-state index contributed by atoms with van der Waals surface area (Å²) in [5.74, 6) is -2.12. The number of halogens is 6. The van der Waals surface area contributed by atoms with Gasteiger partial charge in [0.15, 0.2) is 11.4 Å². The fourth-order valence-electron chi connectivity index (χ4n) is 2.07. The molecule has 0 aliphatic carbocycles. The number of alkyl halides is 6. The summed E-state index contributed by atoms with van der Waals surface area (Å²) in [4.78, 5) is 3.65. The van der Waals surface area contributed by atoms with E-state index >= 15 is 0 Å². The minimum absolute atomic E-state index is 0.114. The van der Waals surface area contributed by atoms with Crippen molar-refractivity contribution in [3.8, 4) is 28.9 Å². The Bertz CT molecular complexity index is 977. The van der Waals surface area contributed by atoms with E-state index in [0.29, 0.717) is 12.1 Å². The van der Waals surface area contributed by atoms with Gasteiger partial charge >= 0.3 is 12.4 Å². The SMILES string of the molecule is N#Cc1n[nH]nc1-c1nc(-c2ccc(C(F)(F)F)cc2)oc1C(F)(F)F. The first kappa shape index (κ1) is 17.5. The molecule has 1 aromatic carbocycles. The Labute approximate surface area is 140 Å². The minimum Gasteiger partial charge on any atom is -0.431 e. The third-order valence-electron chi connectivity index (χ3n) is 3.22. The molecule has 0 atom stereocenters. The lowest BCUT2D eigenvalue weighted by atomic mass is 10.1. The highest BCUT2D eigenvalue weighted by Gasteiger charge is 2.41. The highest BCUT2D eigenvalue weighted by molar-refractivity contribution is 5.66. The molecule has 0 aliphatic heterocycles. The summed E-state index contributed by atoms with van der Waals surface area (Å²) in [6.45, 7) is 0. The van der Waals surface area contributed by atoms with Crippen molar-refractivity contribution in [2.45, 2.75) is 12.4 Å². The largest absolute Gasteiger partial charge is 0.451 e. The predicted molar refractivity (Wildman–Crippen MR) is 72.0 cm³/mol. The molecule has 0 amide bonds. The zero-order valence-electron chi connectivity index (χ0n) is 12.3. The molecule has 0 bridgehead atoms. The first-order valence-corrected chi connectivity index (χ1v) is 6.68. The topological polar surface area (TPSA) is 91.4 Å². The summed E-state index contributed by atoms with van der Waals surface area (Å²) in [6, 6.07) is 4.76. The van der Waals surface area contributed by atoms with Crippen LogP contribution in [0, 0.1) is 11.3 Å². The van der Waals surface area contributed by atoms with Crippen LogP contribution in [0.5, 0.6) is 0 Å². The number of aromatic amines is 1. The van der Waals surface area contributed by atoms with Crippen molar-refractivity contribution >= 4 is 0 Å². The van der Waals surface area contributed by atoms with Gasteiger partial charge in [-0.05, 0) is 24.3 Å². The van der Waals surface area contributed by atoms with Crippen molar-refractivity contribution in [1.82, 2.24) is 20.4 Å². The van der Waals surface area contributed by atoms with Gasteiger partial charge in [-0.15, -0.1) is 5.10 Å². The summed E-state index contributed by atoms with van der Waals surface area (Å²) < 4.78 is 82.0. The maximum Gasteiger partial charge on any atom is 0.451 e. The maximum absolute atomic E-state index is 13.2. The van der Waals surface area contributed by atoms with Crippen LogP contribution in [0.15, 0.2) is 28.7 Å². The zero-order chi connectivity index (χ0) is 19.1. The van der Waals surface area contributed by atoms with Gasteiger partial charge in [0.25, 0.3) is 0 Å². The van der Waals surface area contributed by atoms with Crippen molar-refractivity contribution in [3.63, 3.8) is 0 Å². The molecular weight excluding hydrogens is 368 g/mol. The van der Waals surface area contributed by atoms with Crippen LogP contribution in [-0.2, 0) is 12.4 Å². The number of aromatic nitrogens is 4. The van der Waals surface area contributed by atoms with Gasteiger partial charge in [-0.1, -0.05) is 0 Å². The number of H-pyrrole nitrogens is 1. The molecule has 6 nitrogen and oxygen atoms in total. The van der Waals surface area contributed by atoms with Crippen molar-refractivity contribution in [2.75, 3.05) is 0 Å². The average Bonchev–Trinajstić information content (AvgIpc) is 3.20. The van der Waals surface area contributed by atoms with Crippen molar-refractivity contribution in [3.05, 3.63) is 41.3 Å². The fraction of sp³-hybridized carbons (Fsp3) is 0.143. The number of oxazole rings is 1. The van der Waals surface area contributed by atoms with Crippen LogP contribution in [0.1, 0.15) is 17.0 Å². The van der Waals surface area contributed by atoms with Crippen LogP contribution in [0.4, 0.5) is 26.3 Å². The Morgan fingerprint density at radius 2 is 1.58 bits per heavy atom. The standard InChI is InChI=1S/C14H5F6N5O/c15-13(16,17)7-3-1-6(2-4-7)12-22-10(11(26-12)14(18,19)20)9-8(5-21)23-25-24-9/h1-4H,(H,23,24,25). The third kappa shape index (κ3) is 3.10. The molecule has 0 saturated carbocycles. The Morgan fingerprint density at radius 1 is 0.923 bits per heavy atom. The Kier molecular flexibility index (Phi) is 3.94. The second-order valence-corrected chi connectivity index (χ2v) is 4.90. The molecule has 0 aliphatic rings. The van der Waals surface area contributed by atoms with E-state index in [4.69, 9.17) is 9.68 Å². The summed E-state index contributed by atoms with van der Waals surface area (Å²) >= 11 is 0. The quantitative estimate of drug-likeness (QED) is 0.685. The van der Waals surface area contributed by atoms with Gasteiger partial charge in [0, 0.05) is 5.56 Å². The molecular formula is C14H5F6N5O. The van der Waals surface area contributed by atoms with Gasteiger partial charge in [-0.3, -0.25) is 0 Å². The molecule has 134 valence electrons. The fourth-order valence-corrected chi connectivity index (χ4v) is 2.07. The number of nitrogens with zero attached hydrogens (tertiary/aromatic N) is 4. The number of benzene rings is 1. The van der Waals surface area contributed by atoms with E-state index in [2.05, 4.69) is 15.2 Å². The molecule has 0 saturated heterocycles. The molecule has 12 heteroatoms. The third-order valence-corrected chi connectivity index (χ3v) is 3.22.